The minimum absolute atomic E-state index is 0.269. The van der Waals surface area contributed by atoms with Gasteiger partial charge in [-0.3, -0.25) is 10.1 Å². The molecule has 0 fully saturated rings. The second kappa shape index (κ2) is 7.29. The SMILES string of the molecule is COc1ccc(C(=O)NC(=S)Nc2ccc3c4c(cccc24)CC3)cc1Br. The molecule has 6 heteroatoms. The second-order valence-corrected chi connectivity index (χ2v) is 7.63. The lowest BCUT2D eigenvalue weighted by Crippen LogP contribution is -2.34. The lowest BCUT2D eigenvalue weighted by atomic mass is 10.0. The first kappa shape index (κ1) is 17.9. The predicted octanol–water partition coefficient (Wildman–Crippen LogP) is 4.84. The molecule has 3 aromatic carbocycles. The van der Waals surface area contributed by atoms with Crippen LogP contribution in [0.3, 0.4) is 0 Å². The Morgan fingerprint density at radius 3 is 2.63 bits per heavy atom. The van der Waals surface area contributed by atoms with Crippen molar-refractivity contribution in [3.63, 3.8) is 0 Å². The minimum Gasteiger partial charge on any atom is -0.496 e. The summed E-state index contributed by atoms with van der Waals surface area (Å²) in [7, 11) is 1.58. The third kappa shape index (κ3) is 3.42. The lowest BCUT2D eigenvalue weighted by Gasteiger charge is -2.13. The highest BCUT2D eigenvalue weighted by atomic mass is 79.9. The maximum Gasteiger partial charge on any atom is 0.257 e. The average Bonchev–Trinajstić information content (AvgIpc) is 3.08. The number of amides is 1. The van der Waals surface area contributed by atoms with E-state index in [9.17, 15) is 4.79 Å². The number of methoxy groups -OCH3 is 1. The van der Waals surface area contributed by atoms with Crippen LogP contribution in [0.1, 0.15) is 21.5 Å². The Hall–Kier alpha value is -2.44. The highest BCUT2D eigenvalue weighted by molar-refractivity contribution is 9.10. The fourth-order valence-corrected chi connectivity index (χ4v) is 4.24. The molecule has 0 radical (unpaired) electrons. The van der Waals surface area contributed by atoms with Crippen molar-refractivity contribution in [3.8, 4) is 5.75 Å². The van der Waals surface area contributed by atoms with E-state index in [4.69, 9.17) is 17.0 Å². The van der Waals surface area contributed by atoms with Gasteiger partial charge in [-0.25, -0.2) is 0 Å². The molecule has 0 unspecified atom stereocenters. The van der Waals surface area contributed by atoms with E-state index >= 15 is 0 Å². The van der Waals surface area contributed by atoms with E-state index in [-0.39, 0.29) is 11.0 Å². The molecule has 0 spiro atoms. The van der Waals surface area contributed by atoms with Gasteiger partial charge in [0.15, 0.2) is 5.11 Å². The van der Waals surface area contributed by atoms with Crippen molar-refractivity contribution in [1.82, 2.24) is 5.32 Å². The quantitative estimate of drug-likeness (QED) is 0.572. The normalized spacial score (nSPS) is 12.1. The third-order valence-corrected chi connectivity index (χ3v) is 5.59. The van der Waals surface area contributed by atoms with Crippen LogP contribution in [0.4, 0.5) is 5.69 Å². The van der Waals surface area contributed by atoms with Crippen LogP contribution in [-0.2, 0) is 12.8 Å². The van der Waals surface area contributed by atoms with Gasteiger partial charge in [0.25, 0.3) is 5.91 Å². The molecule has 136 valence electrons. The number of halogens is 1. The van der Waals surface area contributed by atoms with Crippen LogP contribution < -0.4 is 15.4 Å². The van der Waals surface area contributed by atoms with Gasteiger partial charge in [-0.1, -0.05) is 24.3 Å². The van der Waals surface area contributed by atoms with Gasteiger partial charge >= 0.3 is 0 Å². The van der Waals surface area contributed by atoms with Crippen molar-refractivity contribution in [2.45, 2.75) is 12.8 Å². The van der Waals surface area contributed by atoms with E-state index in [0.717, 1.165) is 23.9 Å². The minimum atomic E-state index is -0.276. The molecule has 0 heterocycles. The zero-order valence-electron chi connectivity index (χ0n) is 14.6. The predicted molar refractivity (Wildman–Crippen MR) is 116 cm³/mol. The number of benzene rings is 3. The molecule has 0 aromatic heterocycles. The first-order chi connectivity index (χ1) is 13.1. The molecule has 0 saturated carbocycles. The zero-order valence-corrected chi connectivity index (χ0v) is 17.0. The van der Waals surface area contributed by atoms with E-state index in [1.54, 1.807) is 25.3 Å². The molecule has 0 atom stereocenters. The van der Waals surface area contributed by atoms with E-state index in [0.29, 0.717) is 15.8 Å². The molecule has 3 aromatic rings. The Morgan fingerprint density at radius 2 is 1.89 bits per heavy atom. The van der Waals surface area contributed by atoms with Gasteiger partial charge < -0.3 is 10.1 Å². The van der Waals surface area contributed by atoms with Gasteiger partial charge in [-0.15, -0.1) is 0 Å². The maximum absolute atomic E-state index is 12.5. The summed E-state index contributed by atoms with van der Waals surface area (Å²) in [6.07, 6.45) is 2.15. The van der Waals surface area contributed by atoms with Crippen molar-refractivity contribution in [1.29, 1.82) is 0 Å². The Bertz CT molecular complexity index is 1070. The molecule has 0 bridgehead atoms. The summed E-state index contributed by atoms with van der Waals surface area (Å²) in [6, 6.07) is 15.6. The van der Waals surface area contributed by atoms with E-state index < -0.39 is 0 Å². The van der Waals surface area contributed by atoms with Crippen molar-refractivity contribution < 1.29 is 9.53 Å². The van der Waals surface area contributed by atoms with Gasteiger partial charge in [0, 0.05) is 16.6 Å². The highest BCUT2D eigenvalue weighted by Crippen LogP contribution is 2.35. The molecule has 1 amide bonds. The van der Waals surface area contributed by atoms with Crippen LogP contribution in [0.5, 0.6) is 5.75 Å². The number of nitrogens with one attached hydrogen (secondary N) is 2. The molecule has 27 heavy (non-hydrogen) atoms. The summed E-state index contributed by atoms with van der Waals surface area (Å²) in [4.78, 5) is 12.5. The number of thiocarbonyl (C=S) groups is 1. The van der Waals surface area contributed by atoms with Gasteiger partial charge in [-0.05, 0) is 81.8 Å². The van der Waals surface area contributed by atoms with Crippen LogP contribution >= 0.6 is 28.1 Å². The van der Waals surface area contributed by atoms with Crippen LogP contribution in [0.2, 0.25) is 0 Å². The van der Waals surface area contributed by atoms with Crippen LogP contribution in [-0.4, -0.2) is 18.1 Å². The van der Waals surface area contributed by atoms with E-state index in [1.165, 1.54) is 16.5 Å². The maximum atomic E-state index is 12.5. The summed E-state index contributed by atoms with van der Waals surface area (Å²) >= 11 is 8.75. The fraction of sp³-hybridized carbons (Fsp3) is 0.143. The van der Waals surface area contributed by atoms with Gasteiger partial charge in [0.1, 0.15) is 5.75 Å². The first-order valence-electron chi connectivity index (χ1n) is 8.56. The Morgan fingerprint density at radius 1 is 1.11 bits per heavy atom. The molecule has 4 nitrogen and oxygen atoms in total. The van der Waals surface area contributed by atoms with Crippen molar-refractivity contribution in [2.24, 2.45) is 0 Å². The number of rotatable bonds is 3. The Labute approximate surface area is 171 Å². The molecular weight excluding hydrogens is 424 g/mol. The van der Waals surface area contributed by atoms with Gasteiger partial charge in [0.2, 0.25) is 0 Å². The largest absolute Gasteiger partial charge is 0.496 e. The smallest absolute Gasteiger partial charge is 0.257 e. The number of anilines is 1. The lowest BCUT2D eigenvalue weighted by molar-refractivity contribution is 0.0977. The summed E-state index contributed by atoms with van der Waals surface area (Å²) in [5, 5.41) is 8.61. The Balaban J connectivity index is 1.53. The van der Waals surface area contributed by atoms with Gasteiger partial charge in [0.05, 0.1) is 11.6 Å². The summed E-state index contributed by atoms with van der Waals surface area (Å²) in [6.45, 7) is 0. The summed E-state index contributed by atoms with van der Waals surface area (Å²) < 4.78 is 5.90. The third-order valence-electron chi connectivity index (χ3n) is 4.77. The first-order valence-corrected chi connectivity index (χ1v) is 9.76. The average molecular weight is 441 g/mol. The van der Waals surface area contributed by atoms with Crippen molar-refractivity contribution in [2.75, 3.05) is 12.4 Å². The number of hydrogen-bond acceptors (Lipinski definition) is 3. The topological polar surface area (TPSA) is 50.4 Å². The Kier molecular flexibility index (Phi) is 4.85. The number of ether oxygens (including phenoxy) is 1. The number of carbonyl (C=O) groups excluding carboxylic acids is 1. The van der Waals surface area contributed by atoms with Crippen molar-refractivity contribution >= 4 is 55.6 Å². The summed E-state index contributed by atoms with van der Waals surface area (Å²) in [5.41, 5.74) is 4.12. The van der Waals surface area contributed by atoms with Crippen LogP contribution in [0.15, 0.2) is 53.0 Å². The monoisotopic (exact) mass is 440 g/mol. The second-order valence-electron chi connectivity index (χ2n) is 6.37. The van der Waals surface area contributed by atoms with Crippen LogP contribution in [0.25, 0.3) is 10.8 Å². The molecule has 1 aliphatic rings. The standard InChI is InChI=1S/C21H17BrN2O2S/c1-26-18-10-8-14(11-16(18)22)20(25)24-21(27)23-17-9-7-13-6-5-12-3-2-4-15(17)19(12)13/h2-4,7-11H,5-6H2,1H3,(H2,23,24,25,27). The zero-order chi connectivity index (χ0) is 19.0. The fourth-order valence-electron chi connectivity index (χ4n) is 3.49. The van der Waals surface area contributed by atoms with Crippen molar-refractivity contribution in [3.05, 3.63) is 69.7 Å². The van der Waals surface area contributed by atoms with E-state index in [1.807, 2.05) is 6.07 Å². The van der Waals surface area contributed by atoms with E-state index in [2.05, 4.69) is 50.8 Å². The molecular formula is C21H17BrN2O2S. The summed E-state index contributed by atoms with van der Waals surface area (Å²) in [5.74, 6) is 0.391. The molecule has 1 aliphatic carbocycles. The molecule has 0 saturated heterocycles. The number of aryl methyl sites for hydroxylation is 2. The molecule has 2 N–H and O–H groups in total. The number of carbonyl (C=O) groups is 1. The number of hydrogen-bond donors (Lipinski definition) is 2. The molecule has 4 rings (SSSR count). The molecule has 0 aliphatic heterocycles. The highest BCUT2D eigenvalue weighted by Gasteiger charge is 2.17. The van der Waals surface area contributed by atoms with Crippen LogP contribution in [0, 0.1) is 0 Å². The van der Waals surface area contributed by atoms with Gasteiger partial charge in [-0.2, -0.15) is 0 Å².